The molecule has 0 spiro atoms. The summed E-state index contributed by atoms with van der Waals surface area (Å²) in [7, 11) is 0. The van der Waals surface area contributed by atoms with Crippen LogP contribution in [0.1, 0.15) is 47.0 Å². The highest BCUT2D eigenvalue weighted by atomic mass is 19.1. The van der Waals surface area contributed by atoms with Gasteiger partial charge in [-0.3, -0.25) is 14.4 Å². The number of alkyl halides is 1. The third-order valence-electron chi connectivity index (χ3n) is 8.66. The summed E-state index contributed by atoms with van der Waals surface area (Å²) in [6.07, 6.45) is 5.40. The van der Waals surface area contributed by atoms with Crippen LogP contribution in [0.2, 0.25) is 0 Å². The third-order valence-corrected chi connectivity index (χ3v) is 8.66. The summed E-state index contributed by atoms with van der Waals surface area (Å²) < 4.78 is 21.8. The fourth-order valence-corrected chi connectivity index (χ4v) is 7.13. The van der Waals surface area contributed by atoms with Crippen molar-refractivity contribution in [3.8, 4) is 0 Å². The van der Waals surface area contributed by atoms with E-state index < -0.39 is 34.5 Å². The van der Waals surface area contributed by atoms with Crippen molar-refractivity contribution < 1.29 is 23.5 Å². The van der Waals surface area contributed by atoms with Crippen LogP contribution >= 0.6 is 0 Å². The van der Waals surface area contributed by atoms with E-state index in [4.69, 9.17) is 4.74 Å². The van der Waals surface area contributed by atoms with Crippen molar-refractivity contribution in [2.45, 2.75) is 58.7 Å². The molecule has 2 saturated carbocycles. The largest absolute Gasteiger partial charge is 0.451 e. The Labute approximate surface area is 176 Å². The molecule has 5 heteroatoms. The number of esters is 1. The Bertz CT molecular complexity index is 958. The van der Waals surface area contributed by atoms with E-state index >= 15 is 4.39 Å². The summed E-state index contributed by atoms with van der Waals surface area (Å²) in [4.78, 5) is 36.9. The quantitative estimate of drug-likeness (QED) is 0.496. The maximum atomic E-state index is 16.1. The number of fused-ring (bicyclic) bond motifs is 5. The van der Waals surface area contributed by atoms with Crippen LogP contribution in [-0.4, -0.2) is 29.3 Å². The molecule has 2 fully saturated rings. The summed E-state index contributed by atoms with van der Waals surface area (Å²) in [6, 6.07) is 0. The Balaban J connectivity index is 1.85. The Morgan fingerprint density at radius 2 is 1.90 bits per heavy atom. The molecule has 0 aliphatic heterocycles. The van der Waals surface area contributed by atoms with Crippen LogP contribution in [0.4, 0.5) is 4.39 Å². The lowest BCUT2D eigenvalue weighted by Gasteiger charge is -2.58. The number of hydrogen-bond donors (Lipinski definition) is 0. The topological polar surface area (TPSA) is 60.4 Å². The van der Waals surface area contributed by atoms with Crippen molar-refractivity contribution in [2.75, 3.05) is 0 Å². The molecule has 0 saturated heterocycles. The highest BCUT2D eigenvalue weighted by molar-refractivity contribution is 6.09. The van der Waals surface area contributed by atoms with E-state index in [0.717, 1.165) is 5.57 Å². The summed E-state index contributed by atoms with van der Waals surface area (Å²) in [5, 5.41) is 0. The Kier molecular flexibility index (Phi) is 4.43. The van der Waals surface area contributed by atoms with Crippen LogP contribution in [0.15, 0.2) is 48.1 Å². The van der Waals surface area contributed by atoms with Crippen molar-refractivity contribution in [1.82, 2.24) is 0 Å². The molecular formula is C25H29FO4. The summed E-state index contributed by atoms with van der Waals surface area (Å²) in [5.41, 5.74) is -1.14. The molecule has 0 aromatic rings. The Morgan fingerprint density at radius 3 is 2.50 bits per heavy atom. The summed E-state index contributed by atoms with van der Waals surface area (Å²) in [5.74, 6) is -1.51. The van der Waals surface area contributed by atoms with Gasteiger partial charge in [-0.25, -0.2) is 4.39 Å². The molecular weight excluding hydrogens is 383 g/mol. The minimum absolute atomic E-state index is 0.0222. The van der Waals surface area contributed by atoms with Crippen molar-refractivity contribution in [3.05, 3.63) is 48.1 Å². The summed E-state index contributed by atoms with van der Waals surface area (Å²) >= 11 is 0. The van der Waals surface area contributed by atoms with Crippen LogP contribution in [0, 0.1) is 28.6 Å². The molecule has 0 aromatic heterocycles. The van der Waals surface area contributed by atoms with Gasteiger partial charge in [0.25, 0.3) is 0 Å². The lowest BCUT2D eigenvalue weighted by Crippen LogP contribution is -2.61. The highest BCUT2D eigenvalue weighted by Crippen LogP contribution is 2.68. The molecule has 0 amide bonds. The average molecular weight is 413 g/mol. The number of halogens is 1. The zero-order valence-corrected chi connectivity index (χ0v) is 18.1. The van der Waals surface area contributed by atoms with Gasteiger partial charge in [0.05, 0.1) is 0 Å². The number of ether oxygens (including phenoxy) is 1. The van der Waals surface area contributed by atoms with E-state index in [-0.39, 0.29) is 29.8 Å². The molecule has 30 heavy (non-hydrogen) atoms. The van der Waals surface area contributed by atoms with Crippen LogP contribution in [0.3, 0.4) is 0 Å². The average Bonchev–Trinajstić information content (AvgIpc) is 2.93. The maximum absolute atomic E-state index is 16.1. The second-order valence-electron chi connectivity index (χ2n) is 9.85. The Morgan fingerprint density at radius 1 is 1.23 bits per heavy atom. The zero-order valence-electron chi connectivity index (χ0n) is 18.1. The standard InChI is InChI=1S/C25H29FO4/c1-13-14(2)24(6)17(11-21(13)29)7-8-18-19-9-10-25(15(3)27,30-16(4)28)23(19,5)12-20(26)22(18)24/h7-8,11,18-20,22H,1-2,9-10,12H2,3-6H3/t18-,19-,20?,22+,23-,24-,25-/m0/s1. The predicted molar refractivity (Wildman–Crippen MR) is 111 cm³/mol. The molecule has 4 aliphatic rings. The molecule has 0 aromatic carbocycles. The van der Waals surface area contributed by atoms with Gasteiger partial charge in [-0.2, -0.15) is 0 Å². The first-order valence-electron chi connectivity index (χ1n) is 10.6. The molecule has 0 radical (unpaired) electrons. The van der Waals surface area contributed by atoms with Crippen molar-refractivity contribution in [3.63, 3.8) is 0 Å². The lowest BCUT2D eigenvalue weighted by atomic mass is 9.46. The van der Waals surface area contributed by atoms with Gasteiger partial charge in [-0.15, -0.1) is 0 Å². The molecule has 0 heterocycles. The second-order valence-corrected chi connectivity index (χ2v) is 9.85. The first-order valence-corrected chi connectivity index (χ1v) is 10.6. The summed E-state index contributed by atoms with van der Waals surface area (Å²) in [6.45, 7) is 14.6. The molecule has 4 nitrogen and oxygen atoms in total. The van der Waals surface area contributed by atoms with Gasteiger partial charge in [0.1, 0.15) is 6.17 Å². The van der Waals surface area contributed by atoms with Crippen molar-refractivity contribution >= 4 is 17.5 Å². The highest BCUT2D eigenvalue weighted by Gasteiger charge is 2.70. The smallest absolute Gasteiger partial charge is 0.303 e. The van der Waals surface area contributed by atoms with Crippen LogP contribution in [-0.2, 0) is 19.1 Å². The molecule has 0 bridgehead atoms. The monoisotopic (exact) mass is 412 g/mol. The normalized spacial score (nSPS) is 44.7. The van der Waals surface area contributed by atoms with E-state index in [1.807, 2.05) is 26.0 Å². The molecule has 160 valence electrons. The molecule has 4 rings (SSSR count). The first kappa shape index (κ1) is 21.0. The maximum Gasteiger partial charge on any atom is 0.303 e. The van der Waals surface area contributed by atoms with Crippen molar-refractivity contribution in [2.24, 2.45) is 28.6 Å². The third kappa shape index (κ3) is 2.35. The van der Waals surface area contributed by atoms with Crippen LogP contribution in [0.5, 0.6) is 0 Å². The van der Waals surface area contributed by atoms with E-state index in [1.54, 1.807) is 6.08 Å². The molecule has 7 atom stereocenters. The molecule has 0 N–H and O–H groups in total. The number of rotatable bonds is 2. The van der Waals surface area contributed by atoms with Gasteiger partial charge < -0.3 is 4.74 Å². The number of allylic oxidation sites excluding steroid dienone is 6. The first-order chi connectivity index (χ1) is 13.9. The second kappa shape index (κ2) is 6.35. The van der Waals surface area contributed by atoms with Gasteiger partial charge in [-0.05, 0) is 55.2 Å². The lowest BCUT2D eigenvalue weighted by molar-refractivity contribution is -0.189. The van der Waals surface area contributed by atoms with Gasteiger partial charge >= 0.3 is 5.97 Å². The number of hydrogen-bond acceptors (Lipinski definition) is 4. The fraction of sp³-hybridized carbons (Fsp3) is 0.560. The van der Waals surface area contributed by atoms with Crippen LogP contribution in [0.25, 0.3) is 0 Å². The number of Topliss-reactive ketones (excluding diaryl/α,β-unsaturated/α-hetero) is 1. The number of ketones is 2. The van der Waals surface area contributed by atoms with Crippen molar-refractivity contribution in [1.29, 1.82) is 0 Å². The van der Waals surface area contributed by atoms with Gasteiger partial charge in [0.15, 0.2) is 17.2 Å². The number of carbonyl (C=O) groups is 3. The van der Waals surface area contributed by atoms with Gasteiger partial charge in [-0.1, -0.05) is 39.2 Å². The Hall–Kier alpha value is -2.30. The van der Waals surface area contributed by atoms with Crippen LogP contribution < -0.4 is 0 Å². The van der Waals surface area contributed by atoms with E-state index in [0.29, 0.717) is 24.0 Å². The number of carbonyl (C=O) groups excluding carboxylic acids is 3. The fourth-order valence-electron chi connectivity index (χ4n) is 7.13. The van der Waals surface area contributed by atoms with Gasteiger partial charge in [0, 0.05) is 29.2 Å². The van der Waals surface area contributed by atoms with Gasteiger partial charge in [0.2, 0.25) is 0 Å². The van der Waals surface area contributed by atoms with E-state index in [2.05, 4.69) is 13.2 Å². The molecule has 1 unspecified atom stereocenters. The predicted octanol–water partition coefficient (Wildman–Crippen LogP) is 4.47. The SMILES string of the molecule is C=C1C(=C)[C@@]2(C)C(=CC1=O)C=C[C@@H]1[C@@H]2C(F)C[C@@]2(C)[C@H]1CC[C@]2(OC(C)=O)C(C)=O. The minimum atomic E-state index is -1.30. The minimum Gasteiger partial charge on any atom is -0.451 e. The van der Waals surface area contributed by atoms with E-state index in [9.17, 15) is 14.4 Å². The van der Waals surface area contributed by atoms with E-state index in [1.165, 1.54) is 13.8 Å². The zero-order chi connectivity index (χ0) is 22.2. The molecule has 4 aliphatic carbocycles.